The second kappa shape index (κ2) is 7.86. The lowest BCUT2D eigenvalue weighted by atomic mass is 9.82. The number of aromatic nitrogens is 1. The predicted octanol–water partition coefficient (Wildman–Crippen LogP) is 2.55. The molecule has 3 saturated heterocycles. The third-order valence-electron chi connectivity index (χ3n) is 5.53. The van der Waals surface area contributed by atoms with Gasteiger partial charge in [-0.15, -0.1) is 35.3 Å². The minimum atomic E-state index is 0. The van der Waals surface area contributed by atoms with E-state index in [0.717, 1.165) is 50.3 Å². The summed E-state index contributed by atoms with van der Waals surface area (Å²) in [5.74, 6) is 2.49. The van der Waals surface area contributed by atoms with Gasteiger partial charge in [0.25, 0.3) is 0 Å². The first-order valence-electron chi connectivity index (χ1n) is 8.82. The summed E-state index contributed by atoms with van der Waals surface area (Å²) in [6, 6.07) is 0. The first-order chi connectivity index (χ1) is 11.3. The lowest BCUT2D eigenvalue weighted by molar-refractivity contribution is 0.0767. The van der Waals surface area contributed by atoms with Crippen molar-refractivity contribution in [1.29, 1.82) is 0 Å². The molecule has 0 aliphatic carbocycles. The molecule has 3 aliphatic heterocycles. The Kier molecular flexibility index (Phi) is 6.02. The molecule has 5 nitrogen and oxygen atoms in total. The summed E-state index contributed by atoms with van der Waals surface area (Å²) in [6.45, 7) is 5.25. The van der Waals surface area contributed by atoms with Crippen LogP contribution < -0.4 is 5.32 Å². The van der Waals surface area contributed by atoms with Crippen LogP contribution in [0.5, 0.6) is 0 Å². The van der Waals surface area contributed by atoms with Crippen molar-refractivity contribution in [3.05, 3.63) is 16.1 Å². The quantitative estimate of drug-likeness (QED) is 0.425. The van der Waals surface area contributed by atoms with Gasteiger partial charge in [0.15, 0.2) is 5.96 Å². The number of likely N-dealkylation sites (tertiary alicyclic amines) is 1. The zero-order chi connectivity index (χ0) is 15.8. The topological polar surface area (TPSA) is 49.8 Å². The van der Waals surface area contributed by atoms with Crippen molar-refractivity contribution < 1.29 is 4.74 Å². The van der Waals surface area contributed by atoms with Crippen LogP contribution in [0.3, 0.4) is 0 Å². The summed E-state index contributed by atoms with van der Waals surface area (Å²) in [5.41, 5.74) is 1.19. The molecular weight excluding hydrogens is 435 g/mol. The Morgan fingerprint density at radius 2 is 2.08 bits per heavy atom. The highest BCUT2D eigenvalue weighted by molar-refractivity contribution is 14.0. The Labute approximate surface area is 165 Å². The number of rotatable bonds is 4. The molecule has 1 aromatic rings. The zero-order valence-corrected chi connectivity index (χ0v) is 17.5. The van der Waals surface area contributed by atoms with E-state index in [4.69, 9.17) is 4.74 Å². The summed E-state index contributed by atoms with van der Waals surface area (Å²) in [6.07, 6.45) is 5.53. The molecule has 0 amide bonds. The molecule has 1 N–H and O–H groups in total. The van der Waals surface area contributed by atoms with Crippen molar-refractivity contribution in [1.82, 2.24) is 15.2 Å². The van der Waals surface area contributed by atoms with E-state index in [1.165, 1.54) is 23.5 Å². The van der Waals surface area contributed by atoms with Crippen LogP contribution >= 0.6 is 35.3 Å². The van der Waals surface area contributed by atoms with Crippen molar-refractivity contribution in [2.75, 3.05) is 26.7 Å². The summed E-state index contributed by atoms with van der Waals surface area (Å²) in [7, 11) is 1.89. The van der Waals surface area contributed by atoms with Gasteiger partial charge in [-0.1, -0.05) is 6.92 Å². The van der Waals surface area contributed by atoms with E-state index in [1.54, 1.807) is 11.3 Å². The smallest absolute Gasteiger partial charge is 0.193 e. The molecular formula is C17H27IN4OS. The molecule has 1 aromatic heterocycles. The van der Waals surface area contributed by atoms with Crippen LogP contribution in [-0.4, -0.2) is 54.7 Å². The molecule has 0 radical (unpaired) electrons. The Morgan fingerprint density at radius 1 is 1.38 bits per heavy atom. The van der Waals surface area contributed by atoms with Crippen molar-refractivity contribution in [2.24, 2.45) is 16.8 Å². The van der Waals surface area contributed by atoms with Crippen molar-refractivity contribution in [3.8, 4) is 0 Å². The third-order valence-corrected chi connectivity index (χ3v) is 6.57. The highest BCUT2D eigenvalue weighted by Gasteiger charge is 2.53. The van der Waals surface area contributed by atoms with Gasteiger partial charge < -0.3 is 15.0 Å². The number of hydrogen-bond donors (Lipinski definition) is 1. The van der Waals surface area contributed by atoms with Gasteiger partial charge in [0.1, 0.15) is 0 Å². The monoisotopic (exact) mass is 462 g/mol. The summed E-state index contributed by atoms with van der Waals surface area (Å²) >= 11 is 1.76. The first-order valence-corrected chi connectivity index (χ1v) is 9.70. The van der Waals surface area contributed by atoms with E-state index in [9.17, 15) is 0 Å². The van der Waals surface area contributed by atoms with E-state index in [1.807, 2.05) is 7.05 Å². The molecule has 4 atom stereocenters. The molecule has 7 heteroatoms. The Morgan fingerprint density at radius 3 is 2.67 bits per heavy atom. The Balaban J connectivity index is 0.00000169. The SMILES string of the molecule is CCc1nc(CCNC(=NC)N2CC3C4CCC(O4)C3C2)cs1.I. The fraction of sp³-hybridized carbons (Fsp3) is 0.765. The maximum atomic E-state index is 6.06. The van der Waals surface area contributed by atoms with Gasteiger partial charge in [-0.25, -0.2) is 4.98 Å². The average molecular weight is 462 g/mol. The fourth-order valence-corrected chi connectivity index (χ4v) is 5.17. The van der Waals surface area contributed by atoms with Crippen LogP contribution in [0.2, 0.25) is 0 Å². The molecule has 24 heavy (non-hydrogen) atoms. The van der Waals surface area contributed by atoms with Gasteiger partial charge >= 0.3 is 0 Å². The van der Waals surface area contributed by atoms with Crippen molar-refractivity contribution in [2.45, 2.75) is 44.8 Å². The lowest BCUT2D eigenvalue weighted by Gasteiger charge is -2.23. The summed E-state index contributed by atoms with van der Waals surface area (Å²) in [5, 5.41) is 6.93. The standard InChI is InChI=1S/C17H26N4OS.HI/c1-3-16-20-11(10-23-16)6-7-19-17(18-2)21-8-12-13(9-21)15-5-4-14(12)22-15;/h10,12-15H,3-9H2,1-2H3,(H,18,19);1H. The third kappa shape index (κ3) is 3.44. The fourth-order valence-electron chi connectivity index (χ4n) is 4.39. The second-order valence-corrected chi connectivity index (χ2v) is 7.78. The number of aryl methyl sites for hydroxylation is 1. The van der Waals surface area contributed by atoms with Crippen LogP contribution in [0.4, 0.5) is 0 Å². The van der Waals surface area contributed by atoms with Gasteiger partial charge in [-0.3, -0.25) is 4.99 Å². The van der Waals surface area contributed by atoms with Crippen molar-refractivity contribution in [3.63, 3.8) is 0 Å². The van der Waals surface area contributed by atoms with Gasteiger partial charge in [-0.05, 0) is 19.3 Å². The van der Waals surface area contributed by atoms with Crippen LogP contribution in [0, 0.1) is 11.8 Å². The maximum absolute atomic E-state index is 6.06. The second-order valence-electron chi connectivity index (χ2n) is 6.83. The number of halogens is 1. The summed E-state index contributed by atoms with van der Waals surface area (Å²) < 4.78 is 6.06. The normalized spacial score (nSPS) is 31.2. The van der Waals surface area contributed by atoms with Crippen molar-refractivity contribution >= 4 is 41.3 Å². The van der Waals surface area contributed by atoms with E-state index < -0.39 is 0 Å². The van der Waals surface area contributed by atoms with Crippen LogP contribution in [-0.2, 0) is 17.6 Å². The first kappa shape index (κ1) is 18.4. The highest BCUT2D eigenvalue weighted by Crippen LogP contribution is 2.47. The van der Waals surface area contributed by atoms with Gasteiger partial charge in [-0.2, -0.15) is 0 Å². The number of hydrogen-bond acceptors (Lipinski definition) is 4. The average Bonchev–Trinajstić information content (AvgIpc) is 3.32. The predicted molar refractivity (Wildman–Crippen MR) is 108 cm³/mol. The molecule has 0 spiro atoms. The van der Waals surface area contributed by atoms with E-state index >= 15 is 0 Å². The number of guanidine groups is 1. The van der Waals surface area contributed by atoms with Gasteiger partial charge in [0.05, 0.1) is 22.9 Å². The zero-order valence-electron chi connectivity index (χ0n) is 14.4. The number of thiazole rings is 1. The summed E-state index contributed by atoms with van der Waals surface area (Å²) in [4.78, 5) is 11.6. The molecule has 3 aliphatic rings. The van der Waals surface area contributed by atoms with E-state index in [-0.39, 0.29) is 24.0 Å². The molecule has 4 heterocycles. The minimum Gasteiger partial charge on any atom is -0.374 e. The number of nitrogens with one attached hydrogen (secondary N) is 1. The number of fused-ring (bicyclic) bond motifs is 5. The molecule has 4 unspecified atom stereocenters. The Bertz CT molecular complexity index is 575. The van der Waals surface area contributed by atoms with E-state index in [2.05, 4.69) is 32.5 Å². The maximum Gasteiger partial charge on any atom is 0.193 e. The minimum absolute atomic E-state index is 0. The number of aliphatic imine (C=N–C) groups is 1. The largest absolute Gasteiger partial charge is 0.374 e. The molecule has 0 saturated carbocycles. The highest BCUT2D eigenvalue weighted by atomic mass is 127. The van der Waals surface area contributed by atoms with Crippen LogP contribution in [0.1, 0.15) is 30.5 Å². The molecule has 0 aromatic carbocycles. The molecule has 3 fully saturated rings. The van der Waals surface area contributed by atoms with Gasteiger partial charge in [0.2, 0.25) is 0 Å². The Hall–Kier alpha value is -0.410. The van der Waals surface area contributed by atoms with Gasteiger partial charge in [0, 0.05) is 50.3 Å². The van der Waals surface area contributed by atoms with Crippen LogP contribution in [0.25, 0.3) is 0 Å². The molecule has 2 bridgehead atoms. The van der Waals surface area contributed by atoms with Crippen LogP contribution in [0.15, 0.2) is 10.4 Å². The number of nitrogens with zero attached hydrogens (tertiary/aromatic N) is 3. The lowest BCUT2D eigenvalue weighted by Crippen LogP contribution is -2.42. The van der Waals surface area contributed by atoms with E-state index in [0.29, 0.717) is 12.2 Å². The molecule has 4 rings (SSSR count). The number of ether oxygens (including phenoxy) is 1. The molecule has 134 valence electrons.